The molecule has 0 aliphatic rings. The summed E-state index contributed by atoms with van der Waals surface area (Å²) in [4.78, 5) is 3.40. The maximum Gasteiger partial charge on any atom is 0.116 e. The Bertz CT molecular complexity index is 695. The summed E-state index contributed by atoms with van der Waals surface area (Å²) in [6.45, 7) is 4.19. The van der Waals surface area contributed by atoms with Crippen molar-refractivity contribution < 1.29 is 5.11 Å². The SMILES string of the molecule is Cc1ccc(C)c2c1[nH]c1ccc(O)cc12. The fourth-order valence-electron chi connectivity index (χ4n) is 2.30. The fourth-order valence-corrected chi connectivity index (χ4v) is 2.30. The van der Waals surface area contributed by atoms with Gasteiger partial charge in [0.2, 0.25) is 0 Å². The number of aryl methyl sites for hydroxylation is 2. The van der Waals surface area contributed by atoms with Crippen LogP contribution in [0.25, 0.3) is 21.8 Å². The Balaban J connectivity index is 2.62. The molecule has 0 fully saturated rings. The lowest BCUT2D eigenvalue weighted by atomic mass is 10.0. The number of H-pyrrole nitrogens is 1. The second-order valence-corrected chi connectivity index (χ2v) is 4.30. The molecule has 0 aliphatic carbocycles. The minimum atomic E-state index is 0.314. The number of hydrogen-bond donors (Lipinski definition) is 2. The Morgan fingerprint density at radius 1 is 1.00 bits per heavy atom. The number of benzene rings is 2. The van der Waals surface area contributed by atoms with Gasteiger partial charge in [0.1, 0.15) is 5.75 Å². The number of rotatable bonds is 0. The summed E-state index contributed by atoms with van der Waals surface area (Å²) in [7, 11) is 0. The van der Waals surface area contributed by atoms with Gasteiger partial charge < -0.3 is 10.1 Å². The highest BCUT2D eigenvalue weighted by atomic mass is 16.3. The van der Waals surface area contributed by atoms with E-state index in [2.05, 4.69) is 31.0 Å². The van der Waals surface area contributed by atoms with Gasteiger partial charge in [-0.3, -0.25) is 0 Å². The molecule has 1 aromatic heterocycles. The van der Waals surface area contributed by atoms with Crippen molar-refractivity contribution >= 4 is 21.8 Å². The van der Waals surface area contributed by atoms with Crippen molar-refractivity contribution in [3.8, 4) is 5.75 Å². The van der Waals surface area contributed by atoms with Gasteiger partial charge >= 0.3 is 0 Å². The number of hydrogen-bond acceptors (Lipinski definition) is 1. The molecule has 2 nitrogen and oxygen atoms in total. The summed E-state index contributed by atoms with van der Waals surface area (Å²) in [6.07, 6.45) is 0. The minimum Gasteiger partial charge on any atom is -0.508 e. The molecule has 80 valence electrons. The van der Waals surface area contributed by atoms with E-state index >= 15 is 0 Å². The molecule has 3 aromatic rings. The number of aromatic hydroxyl groups is 1. The van der Waals surface area contributed by atoms with Crippen molar-refractivity contribution in [2.24, 2.45) is 0 Å². The first-order valence-electron chi connectivity index (χ1n) is 5.37. The molecule has 0 bridgehead atoms. The van der Waals surface area contributed by atoms with Gasteiger partial charge in [-0.1, -0.05) is 12.1 Å². The Hall–Kier alpha value is -1.96. The highest BCUT2D eigenvalue weighted by Gasteiger charge is 2.08. The first-order chi connectivity index (χ1) is 7.66. The second kappa shape index (κ2) is 3.01. The molecule has 0 atom stereocenters. The van der Waals surface area contributed by atoms with E-state index < -0.39 is 0 Å². The summed E-state index contributed by atoms with van der Waals surface area (Å²) >= 11 is 0. The summed E-state index contributed by atoms with van der Waals surface area (Å²) in [6, 6.07) is 9.69. The van der Waals surface area contributed by atoms with Crippen LogP contribution in [0, 0.1) is 13.8 Å². The van der Waals surface area contributed by atoms with Crippen LogP contribution in [0.4, 0.5) is 0 Å². The third kappa shape index (κ3) is 1.13. The van der Waals surface area contributed by atoms with E-state index in [1.54, 1.807) is 6.07 Å². The molecule has 3 rings (SSSR count). The van der Waals surface area contributed by atoms with Gasteiger partial charge in [0.25, 0.3) is 0 Å². The zero-order chi connectivity index (χ0) is 11.3. The molecular weight excluding hydrogens is 198 g/mol. The molecule has 0 saturated carbocycles. The van der Waals surface area contributed by atoms with Gasteiger partial charge in [-0.15, -0.1) is 0 Å². The van der Waals surface area contributed by atoms with E-state index in [-0.39, 0.29) is 0 Å². The minimum absolute atomic E-state index is 0.314. The maximum atomic E-state index is 9.55. The second-order valence-electron chi connectivity index (χ2n) is 4.30. The lowest BCUT2D eigenvalue weighted by Crippen LogP contribution is -1.79. The summed E-state index contributed by atoms with van der Waals surface area (Å²) in [5.74, 6) is 0.314. The Morgan fingerprint density at radius 3 is 2.56 bits per heavy atom. The van der Waals surface area contributed by atoms with Crippen molar-refractivity contribution in [2.45, 2.75) is 13.8 Å². The van der Waals surface area contributed by atoms with Crippen LogP contribution in [-0.2, 0) is 0 Å². The summed E-state index contributed by atoms with van der Waals surface area (Å²) in [5, 5.41) is 11.9. The summed E-state index contributed by atoms with van der Waals surface area (Å²) < 4.78 is 0. The van der Waals surface area contributed by atoms with Gasteiger partial charge in [-0.2, -0.15) is 0 Å². The van der Waals surface area contributed by atoms with Crippen LogP contribution >= 0.6 is 0 Å². The molecule has 0 spiro atoms. The van der Waals surface area contributed by atoms with E-state index in [0.717, 1.165) is 10.9 Å². The highest BCUT2D eigenvalue weighted by molar-refractivity contribution is 6.10. The normalized spacial score (nSPS) is 11.4. The van der Waals surface area contributed by atoms with Crippen LogP contribution in [0.5, 0.6) is 5.75 Å². The van der Waals surface area contributed by atoms with E-state index in [4.69, 9.17) is 0 Å². The fraction of sp³-hybridized carbons (Fsp3) is 0.143. The van der Waals surface area contributed by atoms with Gasteiger partial charge in [0.05, 0.1) is 0 Å². The molecule has 0 saturated heterocycles. The topological polar surface area (TPSA) is 36.0 Å². The number of aromatic amines is 1. The van der Waals surface area contributed by atoms with E-state index in [9.17, 15) is 5.11 Å². The Morgan fingerprint density at radius 2 is 1.75 bits per heavy atom. The predicted molar refractivity (Wildman–Crippen MR) is 66.9 cm³/mol. The van der Waals surface area contributed by atoms with Gasteiger partial charge in [0.15, 0.2) is 0 Å². The number of nitrogens with one attached hydrogen (secondary N) is 1. The standard InChI is InChI=1S/C14H13NO/c1-8-3-4-9(2)14-13(8)11-7-10(16)5-6-12(11)15-14/h3-7,15-16H,1-2H3. The lowest BCUT2D eigenvalue weighted by Gasteiger charge is -2.00. The van der Waals surface area contributed by atoms with Crippen LogP contribution in [-0.4, -0.2) is 10.1 Å². The average Bonchev–Trinajstić information content (AvgIpc) is 2.63. The van der Waals surface area contributed by atoms with Crippen LogP contribution < -0.4 is 0 Å². The largest absolute Gasteiger partial charge is 0.508 e. The van der Waals surface area contributed by atoms with Crippen LogP contribution in [0.2, 0.25) is 0 Å². The summed E-state index contributed by atoms with van der Waals surface area (Å²) in [5.41, 5.74) is 4.71. The average molecular weight is 211 g/mol. The van der Waals surface area contributed by atoms with Crippen molar-refractivity contribution in [2.75, 3.05) is 0 Å². The van der Waals surface area contributed by atoms with E-state index in [1.165, 1.54) is 22.0 Å². The predicted octanol–water partition coefficient (Wildman–Crippen LogP) is 3.64. The molecule has 0 radical (unpaired) electrons. The third-order valence-electron chi connectivity index (χ3n) is 3.15. The number of phenolic OH excluding ortho intramolecular Hbond substituents is 1. The van der Waals surface area contributed by atoms with E-state index in [0.29, 0.717) is 5.75 Å². The van der Waals surface area contributed by atoms with Crippen molar-refractivity contribution in [1.29, 1.82) is 0 Å². The van der Waals surface area contributed by atoms with Crippen molar-refractivity contribution in [3.05, 3.63) is 41.5 Å². The van der Waals surface area contributed by atoms with Crippen molar-refractivity contribution in [1.82, 2.24) is 4.98 Å². The van der Waals surface area contributed by atoms with Crippen LogP contribution in [0.1, 0.15) is 11.1 Å². The molecule has 0 unspecified atom stereocenters. The molecule has 1 heterocycles. The first-order valence-corrected chi connectivity index (χ1v) is 5.37. The Kier molecular flexibility index (Phi) is 1.75. The van der Waals surface area contributed by atoms with Crippen LogP contribution in [0.15, 0.2) is 30.3 Å². The Labute approximate surface area is 93.5 Å². The lowest BCUT2D eigenvalue weighted by molar-refractivity contribution is 0.476. The smallest absolute Gasteiger partial charge is 0.116 e. The number of phenols is 1. The maximum absolute atomic E-state index is 9.55. The molecule has 2 N–H and O–H groups in total. The van der Waals surface area contributed by atoms with Crippen LogP contribution in [0.3, 0.4) is 0 Å². The highest BCUT2D eigenvalue weighted by Crippen LogP contribution is 2.32. The van der Waals surface area contributed by atoms with Gasteiger partial charge in [0, 0.05) is 21.8 Å². The number of aromatic nitrogens is 1. The monoisotopic (exact) mass is 211 g/mol. The molecule has 2 heteroatoms. The zero-order valence-corrected chi connectivity index (χ0v) is 9.33. The van der Waals surface area contributed by atoms with Crippen molar-refractivity contribution in [3.63, 3.8) is 0 Å². The molecular formula is C14H13NO. The molecule has 16 heavy (non-hydrogen) atoms. The van der Waals surface area contributed by atoms with Gasteiger partial charge in [-0.25, -0.2) is 0 Å². The quantitative estimate of drug-likeness (QED) is 0.585. The number of fused-ring (bicyclic) bond motifs is 3. The van der Waals surface area contributed by atoms with Gasteiger partial charge in [-0.05, 0) is 43.2 Å². The molecule has 2 aromatic carbocycles. The molecule has 0 aliphatic heterocycles. The third-order valence-corrected chi connectivity index (χ3v) is 3.15. The van der Waals surface area contributed by atoms with E-state index in [1.807, 2.05) is 12.1 Å². The zero-order valence-electron chi connectivity index (χ0n) is 9.33. The first kappa shape index (κ1) is 9.28. The molecule has 0 amide bonds.